The molecular weight excluding hydrogens is 392 g/mol. The smallest absolute Gasteiger partial charge is 0.290 e. The van der Waals surface area contributed by atoms with E-state index in [4.69, 9.17) is 0 Å². The Bertz CT molecular complexity index is 1260. The fraction of sp³-hybridized carbons (Fsp3) is 0.143. The van der Waals surface area contributed by atoms with Gasteiger partial charge in [0.2, 0.25) is 5.91 Å². The molecule has 0 bridgehead atoms. The number of aromatic nitrogens is 4. The van der Waals surface area contributed by atoms with Crippen LogP contribution in [0.5, 0.6) is 0 Å². The van der Waals surface area contributed by atoms with Crippen molar-refractivity contribution in [1.29, 1.82) is 0 Å². The van der Waals surface area contributed by atoms with Crippen LogP contribution in [0.25, 0.3) is 16.8 Å². The van der Waals surface area contributed by atoms with Crippen LogP contribution in [0, 0.1) is 11.6 Å². The Morgan fingerprint density at radius 3 is 2.40 bits per heavy atom. The van der Waals surface area contributed by atoms with Gasteiger partial charge in [0.1, 0.15) is 17.2 Å². The minimum atomic E-state index is -0.459. The first-order valence-electron chi connectivity index (χ1n) is 9.19. The van der Waals surface area contributed by atoms with Gasteiger partial charge in [0.15, 0.2) is 5.82 Å². The van der Waals surface area contributed by atoms with Crippen LogP contribution in [0.4, 0.5) is 8.78 Å². The van der Waals surface area contributed by atoms with Gasteiger partial charge in [-0.1, -0.05) is 12.1 Å². The van der Waals surface area contributed by atoms with E-state index in [2.05, 4.69) is 20.6 Å². The number of hydrogen-bond acceptors (Lipinski definition) is 4. The van der Waals surface area contributed by atoms with E-state index in [1.807, 2.05) is 0 Å². The van der Waals surface area contributed by atoms with E-state index in [9.17, 15) is 18.4 Å². The highest BCUT2D eigenvalue weighted by Crippen LogP contribution is 2.19. The molecule has 9 heteroatoms. The number of nitrogens with zero attached hydrogens (tertiary/aromatic N) is 3. The van der Waals surface area contributed by atoms with Crippen molar-refractivity contribution >= 4 is 11.4 Å². The molecule has 0 aliphatic heterocycles. The highest BCUT2D eigenvalue weighted by Gasteiger charge is 2.16. The molecule has 7 nitrogen and oxygen atoms in total. The van der Waals surface area contributed by atoms with Crippen LogP contribution in [0.3, 0.4) is 0 Å². The van der Waals surface area contributed by atoms with Crippen LogP contribution in [-0.4, -0.2) is 25.7 Å². The zero-order chi connectivity index (χ0) is 21.3. The molecule has 1 unspecified atom stereocenters. The Labute approximate surface area is 169 Å². The van der Waals surface area contributed by atoms with E-state index in [0.29, 0.717) is 11.3 Å². The molecule has 2 aromatic carbocycles. The van der Waals surface area contributed by atoms with Crippen molar-refractivity contribution in [2.75, 3.05) is 0 Å². The van der Waals surface area contributed by atoms with E-state index in [-0.39, 0.29) is 41.3 Å². The largest absolute Gasteiger partial charge is 0.349 e. The number of benzene rings is 2. The third kappa shape index (κ3) is 3.95. The van der Waals surface area contributed by atoms with Crippen LogP contribution in [0.2, 0.25) is 0 Å². The van der Waals surface area contributed by atoms with Gasteiger partial charge in [-0.15, -0.1) is 0 Å². The van der Waals surface area contributed by atoms with Gasteiger partial charge >= 0.3 is 0 Å². The Morgan fingerprint density at radius 1 is 1.10 bits per heavy atom. The standard InChI is InChI=1S/C21H17F2N5O2/c1-12(13-2-6-15(22)7-3-13)24-20(29)11-19-25-26-21(30)18-10-17(27-28(18)19)14-4-8-16(23)9-5-14/h2-10,12H,11H2,1H3,(H,24,29)(H,26,30). The molecule has 4 aromatic rings. The molecule has 4 rings (SSSR count). The molecule has 0 aliphatic carbocycles. The summed E-state index contributed by atoms with van der Waals surface area (Å²) >= 11 is 0. The lowest BCUT2D eigenvalue weighted by Gasteiger charge is -2.14. The summed E-state index contributed by atoms with van der Waals surface area (Å²) in [5, 5.41) is 13.5. The van der Waals surface area contributed by atoms with E-state index >= 15 is 0 Å². The molecule has 2 heterocycles. The van der Waals surface area contributed by atoms with Gasteiger partial charge in [0.05, 0.1) is 18.2 Å². The second kappa shape index (κ2) is 7.86. The molecule has 1 atom stereocenters. The number of amides is 1. The summed E-state index contributed by atoms with van der Waals surface area (Å²) in [5.41, 5.74) is 1.59. The van der Waals surface area contributed by atoms with Gasteiger partial charge in [-0.05, 0) is 55.0 Å². The molecule has 0 aliphatic rings. The molecular formula is C21H17F2N5O2. The number of hydrogen-bond donors (Lipinski definition) is 2. The Balaban J connectivity index is 1.58. The van der Waals surface area contributed by atoms with Crippen LogP contribution in [0.15, 0.2) is 59.4 Å². The monoisotopic (exact) mass is 409 g/mol. The zero-order valence-electron chi connectivity index (χ0n) is 15.9. The highest BCUT2D eigenvalue weighted by atomic mass is 19.1. The van der Waals surface area contributed by atoms with Gasteiger partial charge in [0, 0.05) is 5.56 Å². The molecule has 0 fully saturated rings. The number of fused-ring (bicyclic) bond motifs is 1. The molecule has 30 heavy (non-hydrogen) atoms. The second-order valence-corrected chi connectivity index (χ2v) is 6.82. The lowest BCUT2D eigenvalue weighted by Crippen LogP contribution is -2.30. The maximum absolute atomic E-state index is 13.2. The summed E-state index contributed by atoms with van der Waals surface area (Å²) in [6.07, 6.45) is -0.136. The fourth-order valence-electron chi connectivity index (χ4n) is 3.11. The maximum atomic E-state index is 13.2. The average Bonchev–Trinajstić information content (AvgIpc) is 3.18. The van der Waals surface area contributed by atoms with Crippen molar-refractivity contribution in [2.45, 2.75) is 19.4 Å². The molecule has 152 valence electrons. The minimum Gasteiger partial charge on any atom is -0.349 e. The van der Waals surface area contributed by atoms with E-state index in [1.54, 1.807) is 37.3 Å². The van der Waals surface area contributed by atoms with Crippen molar-refractivity contribution in [3.63, 3.8) is 0 Å². The van der Waals surface area contributed by atoms with Crippen molar-refractivity contribution < 1.29 is 13.6 Å². The van der Waals surface area contributed by atoms with Gasteiger partial charge in [-0.2, -0.15) is 10.2 Å². The maximum Gasteiger partial charge on any atom is 0.290 e. The predicted molar refractivity (Wildman–Crippen MR) is 106 cm³/mol. The molecule has 0 spiro atoms. The number of H-pyrrole nitrogens is 1. The fourth-order valence-corrected chi connectivity index (χ4v) is 3.11. The molecule has 1 amide bonds. The van der Waals surface area contributed by atoms with Crippen LogP contribution >= 0.6 is 0 Å². The number of carbonyl (C=O) groups is 1. The molecule has 2 N–H and O–H groups in total. The summed E-state index contributed by atoms with van der Waals surface area (Å²) in [5.74, 6) is -0.837. The Kier molecular flexibility index (Phi) is 5.09. The highest BCUT2D eigenvalue weighted by molar-refractivity contribution is 5.78. The summed E-state index contributed by atoms with van der Waals surface area (Å²) in [4.78, 5) is 24.6. The molecule has 0 saturated heterocycles. The quantitative estimate of drug-likeness (QED) is 0.530. The van der Waals surface area contributed by atoms with Gasteiger partial charge < -0.3 is 5.32 Å². The van der Waals surface area contributed by atoms with Gasteiger partial charge in [-0.25, -0.2) is 18.4 Å². The lowest BCUT2D eigenvalue weighted by atomic mass is 10.1. The van der Waals surface area contributed by atoms with Crippen LogP contribution < -0.4 is 10.9 Å². The predicted octanol–water partition coefficient (Wildman–Crippen LogP) is 2.78. The summed E-state index contributed by atoms with van der Waals surface area (Å²) in [6.45, 7) is 1.78. The normalized spacial score (nSPS) is 12.1. The van der Waals surface area contributed by atoms with Crippen LogP contribution in [-0.2, 0) is 11.2 Å². The average molecular weight is 409 g/mol. The molecule has 2 aromatic heterocycles. The van der Waals surface area contributed by atoms with Crippen molar-refractivity contribution in [3.05, 3.63) is 88.0 Å². The minimum absolute atomic E-state index is 0.136. The van der Waals surface area contributed by atoms with E-state index < -0.39 is 5.56 Å². The van der Waals surface area contributed by atoms with E-state index in [0.717, 1.165) is 5.56 Å². The van der Waals surface area contributed by atoms with Crippen molar-refractivity contribution in [3.8, 4) is 11.3 Å². The topological polar surface area (TPSA) is 92.1 Å². The number of carbonyl (C=O) groups excluding carboxylic acids is 1. The third-order valence-electron chi connectivity index (χ3n) is 4.68. The number of aromatic amines is 1. The molecule has 0 radical (unpaired) electrons. The number of halogens is 2. The first-order valence-corrected chi connectivity index (χ1v) is 9.19. The summed E-state index contributed by atoms with van der Waals surface area (Å²) in [7, 11) is 0. The zero-order valence-corrected chi connectivity index (χ0v) is 15.9. The summed E-state index contributed by atoms with van der Waals surface area (Å²) in [6, 6.07) is 12.8. The number of nitrogens with one attached hydrogen (secondary N) is 2. The molecule has 0 saturated carbocycles. The summed E-state index contributed by atoms with van der Waals surface area (Å²) < 4.78 is 27.5. The Hall–Kier alpha value is -3.88. The number of rotatable bonds is 5. The van der Waals surface area contributed by atoms with E-state index in [1.165, 1.54) is 28.8 Å². The first kappa shape index (κ1) is 19.4. The Morgan fingerprint density at radius 2 is 1.73 bits per heavy atom. The first-order chi connectivity index (χ1) is 14.4. The van der Waals surface area contributed by atoms with Crippen LogP contribution in [0.1, 0.15) is 24.4 Å². The van der Waals surface area contributed by atoms with Gasteiger partial charge in [-0.3, -0.25) is 9.59 Å². The second-order valence-electron chi connectivity index (χ2n) is 6.82. The van der Waals surface area contributed by atoms with Crippen molar-refractivity contribution in [1.82, 2.24) is 25.1 Å². The lowest BCUT2D eigenvalue weighted by molar-refractivity contribution is -0.121. The third-order valence-corrected chi connectivity index (χ3v) is 4.68. The SMILES string of the molecule is CC(NC(=O)Cc1n[nH]c(=O)c2cc(-c3ccc(F)cc3)nn12)c1ccc(F)cc1. The van der Waals surface area contributed by atoms with Gasteiger partial charge in [0.25, 0.3) is 5.56 Å². The van der Waals surface area contributed by atoms with Crippen molar-refractivity contribution in [2.24, 2.45) is 0 Å².